The van der Waals surface area contributed by atoms with Gasteiger partial charge in [-0.3, -0.25) is 0 Å². The maximum atomic E-state index is 6.21. The molecule has 0 saturated heterocycles. The fourth-order valence-corrected chi connectivity index (χ4v) is 5.90. The molecule has 0 spiro atoms. The van der Waals surface area contributed by atoms with Crippen LogP contribution in [0.5, 0.6) is 0 Å². The molecule has 2 heteroatoms. The van der Waals surface area contributed by atoms with Crippen LogP contribution < -0.4 is 11.1 Å². The highest BCUT2D eigenvalue weighted by atomic mass is 15.1. The van der Waals surface area contributed by atoms with Crippen molar-refractivity contribution in [3.63, 3.8) is 0 Å². The Morgan fingerprint density at radius 2 is 1.57 bits per heavy atom. The van der Waals surface area contributed by atoms with Crippen molar-refractivity contribution in [2.45, 2.75) is 56.5 Å². The number of hydrogen-bond acceptors (Lipinski definition) is 2. The highest BCUT2D eigenvalue weighted by molar-refractivity contribution is 5.25. The van der Waals surface area contributed by atoms with E-state index in [1.54, 1.807) is 0 Å². The van der Waals surface area contributed by atoms with Crippen LogP contribution in [0.3, 0.4) is 0 Å². The largest absolute Gasteiger partial charge is 0.328 e. The second-order valence-corrected chi connectivity index (χ2v) is 8.23. The average Bonchev–Trinajstić information content (AvgIpc) is 2.46. The summed E-state index contributed by atoms with van der Waals surface area (Å²) in [7, 11) is 0. The summed E-state index contributed by atoms with van der Waals surface area (Å²) in [4.78, 5) is 0. The topological polar surface area (TPSA) is 38.0 Å². The van der Waals surface area contributed by atoms with Crippen LogP contribution in [0.1, 0.15) is 51.0 Å². The molecule has 1 aromatic carbocycles. The Labute approximate surface area is 128 Å². The van der Waals surface area contributed by atoms with Crippen LogP contribution in [0.25, 0.3) is 0 Å². The van der Waals surface area contributed by atoms with Crippen molar-refractivity contribution in [3.8, 4) is 0 Å². The minimum Gasteiger partial charge on any atom is -0.328 e. The first-order valence-corrected chi connectivity index (χ1v) is 8.66. The SMILES string of the molecule is CC(CN)(NC12CC3CC(CC(C3)C1)C2)c1ccccc1. The van der Waals surface area contributed by atoms with Gasteiger partial charge in [0, 0.05) is 12.1 Å². The summed E-state index contributed by atoms with van der Waals surface area (Å²) in [5, 5.41) is 4.08. The van der Waals surface area contributed by atoms with Gasteiger partial charge in [-0.05, 0) is 68.8 Å². The Balaban J connectivity index is 1.62. The third-order valence-electron chi connectivity index (χ3n) is 6.40. The minimum absolute atomic E-state index is 0.0903. The predicted octanol–water partition coefficient (Wildman–Crippen LogP) is 3.42. The van der Waals surface area contributed by atoms with Crippen molar-refractivity contribution in [1.82, 2.24) is 5.32 Å². The third kappa shape index (κ3) is 2.33. The molecule has 3 N–H and O–H groups in total. The van der Waals surface area contributed by atoms with E-state index in [0.29, 0.717) is 12.1 Å². The summed E-state index contributed by atoms with van der Waals surface area (Å²) < 4.78 is 0. The molecule has 0 aromatic heterocycles. The summed E-state index contributed by atoms with van der Waals surface area (Å²) in [5.41, 5.74) is 7.81. The molecule has 5 rings (SSSR count). The van der Waals surface area contributed by atoms with Crippen LogP contribution in [-0.4, -0.2) is 12.1 Å². The molecule has 0 aliphatic heterocycles. The second-order valence-electron chi connectivity index (χ2n) is 8.23. The molecule has 0 amide bonds. The van der Waals surface area contributed by atoms with Crippen LogP contribution >= 0.6 is 0 Å². The molecule has 0 radical (unpaired) electrons. The van der Waals surface area contributed by atoms with E-state index >= 15 is 0 Å². The van der Waals surface area contributed by atoms with Gasteiger partial charge >= 0.3 is 0 Å². The van der Waals surface area contributed by atoms with E-state index in [2.05, 4.69) is 42.6 Å². The minimum atomic E-state index is -0.0903. The summed E-state index contributed by atoms with van der Waals surface area (Å²) in [6.45, 7) is 2.96. The first-order chi connectivity index (χ1) is 10.1. The van der Waals surface area contributed by atoms with Crippen LogP contribution in [0, 0.1) is 17.8 Å². The smallest absolute Gasteiger partial charge is 0.0534 e. The second kappa shape index (κ2) is 4.82. The van der Waals surface area contributed by atoms with E-state index < -0.39 is 0 Å². The van der Waals surface area contributed by atoms with Gasteiger partial charge in [0.15, 0.2) is 0 Å². The van der Waals surface area contributed by atoms with Crippen LogP contribution in [0.4, 0.5) is 0 Å². The lowest BCUT2D eigenvalue weighted by molar-refractivity contribution is -0.0341. The molecule has 0 heterocycles. The quantitative estimate of drug-likeness (QED) is 0.889. The van der Waals surface area contributed by atoms with Crippen LogP contribution in [-0.2, 0) is 5.54 Å². The lowest BCUT2D eigenvalue weighted by atomic mass is 9.52. The highest BCUT2D eigenvalue weighted by Crippen LogP contribution is 2.56. The molecule has 1 atom stereocenters. The van der Waals surface area contributed by atoms with E-state index in [1.165, 1.54) is 44.1 Å². The van der Waals surface area contributed by atoms with Gasteiger partial charge in [-0.2, -0.15) is 0 Å². The maximum Gasteiger partial charge on any atom is 0.0534 e. The lowest BCUT2D eigenvalue weighted by Gasteiger charge is -2.59. The Morgan fingerprint density at radius 1 is 1.05 bits per heavy atom. The molecule has 1 unspecified atom stereocenters. The summed E-state index contributed by atoms with van der Waals surface area (Å²) in [6.07, 6.45) is 8.60. The van der Waals surface area contributed by atoms with Gasteiger partial charge in [-0.1, -0.05) is 30.3 Å². The summed E-state index contributed by atoms with van der Waals surface area (Å²) in [6, 6.07) is 10.8. The summed E-state index contributed by atoms with van der Waals surface area (Å²) >= 11 is 0. The molecule has 4 fully saturated rings. The zero-order valence-corrected chi connectivity index (χ0v) is 13.1. The Hall–Kier alpha value is -0.860. The van der Waals surface area contributed by atoms with E-state index in [4.69, 9.17) is 5.73 Å². The number of hydrogen-bond donors (Lipinski definition) is 2. The van der Waals surface area contributed by atoms with Gasteiger partial charge in [0.05, 0.1) is 5.54 Å². The third-order valence-corrected chi connectivity index (χ3v) is 6.40. The zero-order valence-electron chi connectivity index (χ0n) is 13.1. The Morgan fingerprint density at radius 3 is 2.05 bits per heavy atom. The van der Waals surface area contributed by atoms with Crippen molar-refractivity contribution >= 4 is 0 Å². The van der Waals surface area contributed by atoms with Crippen molar-refractivity contribution in [1.29, 1.82) is 0 Å². The van der Waals surface area contributed by atoms with Gasteiger partial charge in [-0.25, -0.2) is 0 Å². The number of nitrogens with one attached hydrogen (secondary N) is 1. The monoisotopic (exact) mass is 284 g/mol. The Kier molecular flexibility index (Phi) is 3.16. The van der Waals surface area contributed by atoms with Crippen LogP contribution in [0.2, 0.25) is 0 Å². The average molecular weight is 284 g/mol. The standard InChI is InChI=1S/C19H28N2/c1-18(13-20,17-5-3-2-4-6-17)21-19-10-14-7-15(11-19)9-16(8-14)12-19/h2-6,14-16,21H,7-13,20H2,1H3. The highest BCUT2D eigenvalue weighted by Gasteiger charge is 2.52. The molecule has 114 valence electrons. The number of benzene rings is 1. The van der Waals surface area contributed by atoms with Crippen molar-refractivity contribution in [2.75, 3.05) is 6.54 Å². The molecule has 4 aliphatic carbocycles. The van der Waals surface area contributed by atoms with Crippen LogP contribution in [0.15, 0.2) is 30.3 Å². The number of nitrogens with two attached hydrogens (primary N) is 1. The fraction of sp³-hybridized carbons (Fsp3) is 0.684. The van der Waals surface area contributed by atoms with Crippen molar-refractivity contribution < 1.29 is 0 Å². The zero-order chi connectivity index (χ0) is 14.5. The molecule has 21 heavy (non-hydrogen) atoms. The first-order valence-electron chi connectivity index (χ1n) is 8.66. The Bertz CT molecular complexity index is 474. The van der Waals surface area contributed by atoms with E-state index in [9.17, 15) is 0 Å². The molecular weight excluding hydrogens is 256 g/mol. The van der Waals surface area contributed by atoms with E-state index in [-0.39, 0.29) is 5.54 Å². The van der Waals surface area contributed by atoms with Gasteiger partial charge in [0.2, 0.25) is 0 Å². The molecule has 4 saturated carbocycles. The van der Waals surface area contributed by atoms with Gasteiger partial charge in [-0.15, -0.1) is 0 Å². The molecular formula is C19H28N2. The van der Waals surface area contributed by atoms with Gasteiger partial charge < -0.3 is 11.1 Å². The van der Waals surface area contributed by atoms with E-state index in [0.717, 1.165) is 17.8 Å². The van der Waals surface area contributed by atoms with Crippen molar-refractivity contribution in [3.05, 3.63) is 35.9 Å². The van der Waals surface area contributed by atoms with E-state index in [1.807, 2.05) is 0 Å². The van der Waals surface area contributed by atoms with Gasteiger partial charge in [0.1, 0.15) is 0 Å². The summed E-state index contributed by atoms with van der Waals surface area (Å²) in [5.74, 6) is 2.92. The first kappa shape index (κ1) is 13.8. The predicted molar refractivity (Wildman–Crippen MR) is 86.9 cm³/mol. The molecule has 4 aliphatic rings. The molecule has 4 bridgehead atoms. The van der Waals surface area contributed by atoms with Gasteiger partial charge in [0.25, 0.3) is 0 Å². The maximum absolute atomic E-state index is 6.21. The fourth-order valence-electron chi connectivity index (χ4n) is 5.90. The normalized spacial score (nSPS) is 40.2. The number of rotatable bonds is 4. The van der Waals surface area contributed by atoms with Crippen molar-refractivity contribution in [2.24, 2.45) is 23.5 Å². The molecule has 2 nitrogen and oxygen atoms in total. The molecule has 1 aromatic rings. The lowest BCUT2D eigenvalue weighted by Crippen LogP contribution is -2.64.